The number of hydrogen-bond acceptors (Lipinski definition) is 6. The van der Waals surface area contributed by atoms with Crippen LogP contribution in [0.3, 0.4) is 0 Å². The van der Waals surface area contributed by atoms with Crippen LogP contribution in [0.5, 0.6) is 0 Å². The number of rotatable bonds is 3. The van der Waals surface area contributed by atoms with Crippen LogP contribution in [0.1, 0.15) is 5.56 Å². The van der Waals surface area contributed by atoms with Crippen LogP contribution in [0.4, 0.5) is 5.69 Å². The van der Waals surface area contributed by atoms with Crippen molar-refractivity contribution in [3.05, 3.63) is 64.2 Å². The van der Waals surface area contributed by atoms with Gasteiger partial charge in [0.05, 0.1) is 9.80 Å². The maximum absolute atomic E-state index is 10.7. The van der Waals surface area contributed by atoms with Crippen LogP contribution in [0.2, 0.25) is 0 Å². The number of aromatic nitrogens is 2. The number of benzene rings is 2. The molecule has 0 amide bonds. The van der Waals surface area contributed by atoms with Crippen molar-refractivity contribution in [2.75, 3.05) is 0 Å². The number of nitro groups is 1. The molecule has 6 nitrogen and oxygen atoms in total. The fraction of sp³-hybridized carbons (Fsp3) is 0.0588. The zero-order chi connectivity index (χ0) is 16.7. The lowest BCUT2D eigenvalue weighted by Crippen LogP contribution is -1.87. The molecule has 0 radical (unpaired) electrons. The Kier molecular flexibility index (Phi) is 3.35. The van der Waals surface area contributed by atoms with Gasteiger partial charge in [0.25, 0.3) is 11.6 Å². The van der Waals surface area contributed by atoms with E-state index in [1.807, 2.05) is 19.1 Å². The second kappa shape index (κ2) is 5.54. The minimum absolute atomic E-state index is 0.0267. The molecule has 0 unspecified atom stereocenters. The van der Waals surface area contributed by atoms with E-state index in [0.717, 1.165) is 10.4 Å². The lowest BCUT2D eigenvalue weighted by atomic mass is 10.1. The Hall–Kier alpha value is -3.06. The summed E-state index contributed by atoms with van der Waals surface area (Å²) in [6.07, 6.45) is 0. The molecule has 24 heavy (non-hydrogen) atoms. The number of thiophene rings is 1. The van der Waals surface area contributed by atoms with Crippen molar-refractivity contribution in [3.8, 4) is 22.2 Å². The van der Waals surface area contributed by atoms with E-state index in [-0.39, 0.29) is 5.69 Å². The van der Waals surface area contributed by atoms with Crippen molar-refractivity contribution in [2.24, 2.45) is 0 Å². The van der Waals surface area contributed by atoms with Gasteiger partial charge in [-0.05, 0) is 36.1 Å². The van der Waals surface area contributed by atoms with Crippen LogP contribution in [-0.4, -0.2) is 15.1 Å². The van der Waals surface area contributed by atoms with Crippen molar-refractivity contribution in [1.82, 2.24) is 10.2 Å². The van der Waals surface area contributed by atoms with E-state index in [1.165, 1.54) is 22.2 Å². The first-order valence-corrected chi connectivity index (χ1v) is 8.02. The summed E-state index contributed by atoms with van der Waals surface area (Å²) in [5, 5.41) is 20.1. The molecule has 0 aliphatic rings. The first-order chi connectivity index (χ1) is 11.6. The van der Waals surface area contributed by atoms with Crippen LogP contribution in [0.15, 0.2) is 52.9 Å². The van der Waals surface area contributed by atoms with Crippen LogP contribution < -0.4 is 0 Å². The molecule has 7 heteroatoms. The summed E-state index contributed by atoms with van der Waals surface area (Å²) < 4.78 is 6.95. The molecule has 0 aliphatic heterocycles. The van der Waals surface area contributed by atoms with E-state index in [0.29, 0.717) is 17.3 Å². The van der Waals surface area contributed by atoms with E-state index in [2.05, 4.69) is 22.3 Å². The van der Waals surface area contributed by atoms with Gasteiger partial charge in [-0.15, -0.1) is 21.5 Å². The minimum atomic E-state index is -0.441. The first kappa shape index (κ1) is 14.5. The van der Waals surface area contributed by atoms with Gasteiger partial charge in [0.2, 0.25) is 5.89 Å². The smallest absolute Gasteiger partial charge is 0.269 e. The molecule has 4 rings (SSSR count). The number of hydrogen-bond donors (Lipinski definition) is 0. The summed E-state index contributed by atoms with van der Waals surface area (Å²) in [6, 6.07) is 14.2. The standard InChI is InChI=1S/C17H11N3O3S/c1-10-13-4-2-3-5-14(13)24-15(10)17-19-18-16(23-17)11-6-8-12(9-7-11)20(21)22/h2-9H,1H3. The molecule has 0 saturated carbocycles. The second-order valence-electron chi connectivity index (χ2n) is 5.27. The van der Waals surface area contributed by atoms with E-state index in [1.54, 1.807) is 23.5 Å². The lowest BCUT2D eigenvalue weighted by Gasteiger charge is -1.95. The molecule has 2 aromatic carbocycles. The monoisotopic (exact) mass is 337 g/mol. The molecule has 4 aromatic rings. The van der Waals surface area contributed by atoms with Crippen molar-refractivity contribution < 1.29 is 9.34 Å². The maximum atomic E-state index is 10.7. The van der Waals surface area contributed by atoms with Gasteiger partial charge >= 0.3 is 0 Å². The largest absolute Gasteiger partial charge is 0.415 e. The minimum Gasteiger partial charge on any atom is -0.415 e. The van der Waals surface area contributed by atoms with Crippen molar-refractivity contribution in [2.45, 2.75) is 6.92 Å². The molecular formula is C17H11N3O3S. The van der Waals surface area contributed by atoms with Gasteiger partial charge in [-0.1, -0.05) is 18.2 Å². The van der Waals surface area contributed by atoms with Gasteiger partial charge in [-0.3, -0.25) is 10.1 Å². The average Bonchev–Trinajstić information content (AvgIpc) is 3.20. The van der Waals surface area contributed by atoms with Gasteiger partial charge < -0.3 is 4.42 Å². The summed E-state index contributed by atoms with van der Waals surface area (Å²) in [7, 11) is 0. The van der Waals surface area contributed by atoms with E-state index < -0.39 is 4.92 Å². The Morgan fingerprint density at radius 1 is 1.04 bits per heavy atom. The SMILES string of the molecule is Cc1c(-c2nnc(-c3ccc([N+](=O)[O-])cc3)o2)sc2ccccc12. The molecule has 0 bridgehead atoms. The highest BCUT2D eigenvalue weighted by Crippen LogP contribution is 2.38. The highest BCUT2D eigenvalue weighted by Gasteiger charge is 2.17. The quantitative estimate of drug-likeness (QED) is 0.395. The van der Waals surface area contributed by atoms with Crippen LogP contribution in [0.25, 0.3) is 32.3 Å². The van der Waals surface area contributed by atoms with Crippen molar-refractivity contribution in [3.63, 3.8) is 0 Å². The first-order valence-electron chi connectivity index (χ1n) is 7.20. The normalized spacial score (nSPS) is 11.0. The van der Waals surface area contributed by atoms with Gasteiger partial charge in [-0.25, -0.2) is 0 Å². The lowest BCUT2D eigenvalue weighted by molar-refractivity contribution is -0.384. The Labute approximate surface area is 140 Å². The topological polar surface area (TPSA) is 82.1 Å². The number of nitrogens with zero attached hydrogens (tertiary/aromatic N) is 3. The van der Waals surface area contributed by atoms with Crippen LogP contribution in [0, 0.1) is 17.0 Å². The van der Waals surface area contributed by atoms with Crippen LogP contribution >= 0.6 is 11.3 Å². The zero-order valence-corrected chi connectivity index (χ0v) is 13.4. The fourth-order valence-corrected chi connectivity index (χ4v) is 3.67. The Morgan fingerprint density at radius 3 is 2.46 bits per heavy atom. The molecule has 0 aliphatic carbocycles. The molecule has 0 fully saturated rings. The summed E-state index contributed by atoms with van der Waals surface area (Å²) in [6.45, 7) is 2.03. The Bertz CT molecular complexity index is 1050. The molecule has 0 spiro atoms. The third kappa shape index (κ3) is 2.35. The summed E-state index contributed by atoms with van der Waals surface area (Å²) in [4.78, 5) is 11.2. The highest BCUT2D eigenvalue weighted by atomic mass is 32.1. The molecule has 0 saturated heterocycles. The average molecular weight is 337 g/mol. The highest BCUT2D eigenvalue weighted by molar-refractivity contribution is 7.22. The van der Waals surface area contributed by atoms with Crippen LogP contribution in [-0.2, 0) is 0 Å². The molecule has 2 aromatic heterocycles. The van der Waals surface area contributed by atoms with Crippen molar-refractivity contribution in [1.29, 1.82) is 0 Å². The third-order valence-electron chi connectivity index (χ3n) is 3.79. The zero-order valence-electron chi connectivity index (χ0n) is 12.6. The fourth-order valence-electron chi connectivity index (χ4n) is 2.54. The number of non-ortho nitro benzene ring substituents is 1. The van der Waals surface area contributed by atoms with Gasteiger partial charge in [0.15, 0.2) is 0 Å². The molecule has 2 heterocycles. The Balaban J connectivity index is 1.73. The number of fused-ring (bicyclic) bond motifs is 1. The van der Waals surface area contributed by atoms with Gasteiger partial charge in [-0.2, -0.15) is 0 Å². The maximum Gasteiger partial charge on any atom is 0.269 e. The molecule has 118 valence electrons. The van der Waals surface area contributed by atoms with E-state index >= 15 is 0 Å². The second-order valence-corrected chi connectivity index (χ2v) is 6.32. The summed E-state index contributed by atoms with van der Waals surface area (Å²) >= 11 is 1.61. The van der Waals surface area contributed by atoms with E-state index in [9.17, 15) is 10.1 Å². The predicted molar refractivity (Wildman–Crippen MR) is 91.9 cm³/mol. The Morgan fingerprint density at radius 2 is 1.75 bits per heavy atom. The predicted octanol–water partition coefficient (Wildman–Crippen LogP) is 4.83. The number of nitro benzene ring substituents is 1. The molecule has 0 atom stereocenters. The molecular weight excluding hydrogens is 326 g/mol. The summed E-state index contributed by atoms with van der Waals surface area (Å²) in [5.41, 5.74) is 1.78. The summed E-state index contributed by atoms with van der Waals surface area (Å²) in [5.74, 6) is 0.804. The van der Waals surface area contributed by atoms with Gasteiger partial charge in [0.1, 0.15) is 0 Å². The van der Waals surface area contributed by atoms with Gasteiger partial charge in [0, 0.05) is 22.4 Å². The molecule has 0 N–H and O–H groups in total. The van der Waals surface area contributed by atoms with Crippen molar-refractivity contribution >= 4 is 27.1 Å². The van der Waals surface area contributed by atoms with E-state index in [4.69, 9.17) is 4.42 Å². The third-order valence-corrected chi connectivity index (χ3v) is 5.05. The number of aryl methyl sites for hydroxylation is 1.